The number of rotatable bonds is 6. The minimum atomic E-state index is 0.401. The first-order chi connectivity index (χ1) is 21.1. The minimum Gasteiger partial charge on any atom is -0.377 e. The van der Waals surface area contributed by atoms with E-state index in [-0.39, 0.29) is 0 Å². The van der Waals surface area contributed by atoms with E-state index in [1.54, 1.807) is 0 Å². The van der Waals surface area contributed by atoms with Crippen LogP contribution in [0.5, 0.6) is 0 Å². The Morgan fingerprint density at radius 3 is 2.59 bits per heavy atom. The number of nitrogens with two attached hydrogens (primary N) is 1. The van der Waals surface area contributed by atoms with Crippen molar-refractivity contribution in [2.24, 2.45) is 11.1 Å². The smallest absolute Gasteiger partial charge is 0.0642 e. The minimum absolute atomic E-state index is 0.401. The molecule has 2 aliphatic carbocycles. The molecule has 5 nitrogen and oxygen atoms in total. The number of hydrogen-bond acceptors (Lipinski definition) is 5. The summed E-state index contributed by atoms with van der Waals surface area (Å²) in [5, 5.41) is 0. The van der Waals surface area contributed by atoms with Gasteiger partial charge in [0.25, 0.3) is 0 Å². The van der Waals surface area contributed by atoms with Crippen molar-refractivity contribution in [3.8, 4) is 11.1 Å². The molecule has 232 valence electrons. The maximum absolute atomic E-state index is 6.47. The van der Waals surface area contributed by atoms with Crippen LogP contribution in [-0.2, 0) is 25.9 Å². The Morgan fingerprint density at radius 1 is 1.09 bits per heavy atom. The molecule has 2 N–H and O–H groups in total. The molecule has 0 saturated carbocycles. The van der Waals surface area contributed by atoms with Gasteiger partial charge in [0.2, 0.25) is 0 Å². The second-order valence-electron chi connectivity index (χ2n) is 14.3. The first-order valence-corrected chi connectivity index (χ1v) is 16.6. The molecule has 0 amide bonds. The summed E-state index contributed by atoms with van der Waals surface area (Å²) in [5.41, 5.74) is 22.0. The number of benzene rings is 1. The molecule has 5 heteroatoms. The van der Waals surface area contributed by atoms with E-state index in [9.17, 15) is 0 Å². The normalized spacial score (nSPS) is 24.3. The van der Waals surface area contributed by atoms with Gasteiger partial charge in [0.15, 0.2) is 0 Å². The summed E-state index contributed by atoms with van der Waals surface area (Å²) in [4.78, 5) is 12.6. The second kappa shape index (κ2) is 12.1. The van der Waals surface area contributed by atoms with Crippen LogP contribution in [0.3, 0.4) is 0 Å². The van der Waals surface area contributed by atoms with Crippen LogP contribution in [0.25, 0.3) is 11.1 Å². The molecule has 1 atom stereocenters. The van der Waals surface area contributed by atoms with Crippen molar-refractivity contribution in [2.75, 3.05) is 38.6 Å². The number of piperidine rings is 1. The molecule has 1 fully saturated rings. The molecular formula is C39H51N5. The molecule has 1 aromatic heterocycles. The predicted octanol–water partition coefficient (Wildman–Crippen LogP) is 7.64. The van der Waals surface area contributed by atoms with Crippen LogP contribution >= 0.6 is 0 Å². The van der Waals surface area contributed by atoms with Gasteiger partial charge < -0.3 is 20.4 Å². The van der Waals surface area contributed by atoms with Crippen molar-refractivity contribution in [1.29, 1.82) is 0 Å². The highest BCUT2D eigenvalue weighted by atomic mass is 15.2. The fourth-order valence-electron chi connectivity index (χ4n) is 7.71. The number of aromatic nitrogens is 1. The first-order valence-electron chi connectivity index (χ1n) is 16.6. The van der Waals surface area contributed by atoms with Crippen LogP contribution in [0.1, 0.15) is 80.5 Å². The zero-order valence-electron chi connectivity index (χ0n) is 27.7. The Hall–Kier alpha value is -3.57. The lowest BCUT2D eigenvalue weighted by Crippen LogP contribution is -2.38. The van der Waals surface area contributed by atoms with E-state index in [1.807, 2.05) is 0 Å². The topological polar surface area (TPSA) is 48.6 Å². The van der Waals surface area contributed by atoms with Crippen LogP contribution in [-0.4, -0.2) is 48.5 Å². The Balaban J connectivity index is 1.35. The molecule has 1 aromatic carbocycles. The molecule has 2 aliphatic heterocycles. The first kappa shape index (κ1) is 30.5. The summed E-state index contributed by atoms with van der Waals surface area (Å²) in [6.45, 7) is 20.6. The third-order valence-electron chi connectivity index (χ3n) is 10.4. The summed E-state index contributed by atoms with van der Waals surface area (Å²) in [7, 11) is 4.20. The van der Waals surface area contributed by atoms with Crippen LogP contribution in [0.2, 0.25) is 0 Å². The van der Waals surface area contributed by atoms with Gasteiger partial charge in [0.05, 0.1) is 11.4 Å². The Labute approximate surface area is 265 Å². The van der Waals surface area contributed by atoms with E-state index >= 15 is 0 Å². The zero-order valence-corrected chi connectivity index (χ0v) is 27.7. The number of likely N-dealkylation sites (N-methyl/N-ethyl adjacent to an activating group) is 1. The summed E-state index contributed by atoms with van der Waals surface area (Å²) >= 11 is 0. The SMILES string of the molecule is C=C1/C=C\C=C/C/C(C(=C)N2CCc3cc(-c4c(CN)nc5c(c4N4CCC(C)(C)CC4)CCC5C)ccc3C2)=C\1N(C)C. The number of nitrogens with zero attached hydrogens (tertiary/aromatic N) is 4. The average molecular weight is 590 g/mol. The number of pyridine rings is 1. The average Bonchev–Trinajstić information content (AvgIpc) is 3.37. The summed E-state index contributed by atoms with van der Waals surface area (Å²) in [6, 6.07) is 7.13. The van der Waals surface area contributed by atoms with Crippen LogP contribution < -0.4 is 10.6 Å². The van der Waals surface area contributed by atoms with Crippen LogP contribution in [0.15, 0.2) is 78.2 Å². The molecule has 1 unspecified atom stereocenters. The molecule has 0 radical (unpaired) electrons. The number of anilines is 1. The fraction of sp³-hybridized carbons (Fsp3) is 0.462. The third kappa shape index (κ3) is 5.67. The predicted molar refractivity (Wildman–Crippen MR) is 186 cm³/mol. The highest BCUT2D eigenvalue weighted by Crippen LogP contribution is 2.47. The largest absolute Gasteiger partial charge is 0.377 e. The van der Waals surface area contributed by atoms with Gasteiger partial charge in [-0.2, -0.15) is 0 Å². The maximum Gasteiger partial charge on any atom is 0.0642 e. The van der Waals surface area contributed by atoms with Gasteiger partial charge in [0, 0.05) is 75.0 Å². The molecule has 44 heavy (non-hydrogen) atoms. The lowest BCUT2D eigenvalue weighted by molar-refractivity contribution is 0.279. The van der Waals surface area contributed by atoms with E-state index in [4.69, 9.17) is 10.7 Å². The molecule has 0 spiro atoms. The van der Waals surface area contributed by atoms with Gasteiger partial charge in [0.1, 0.15) is 0 Å². The van der Waals surface area contributed by atoms with Crippen molar-refractivity contribution >= 4 is 5.69 Å². The maximum atomic E-state index is 6.47. The van der Waals surface area contributed by atoms with Crippen molar-refractivity contribution in [2.45, 2.75) is 78.3 Å². The van der Waals surface area contributed by atoms with Crippen molar-refractivity contribution in [3.05, 3.63) is 106 Å². The highest BCUT2D eigenvalue weighted by molar-refractivity contribution is 5.84. The van der Waals surface area contributed by atoms with Crippen LogP contribution in [0, 0.1) is 5.41 Å². The summed E-state index contributed by atoms with van der Waals surface area (Å²) in [6.07, 6.45) is 15.1. The Kier molecular flexibility index (Phi) is 8.36. The molecular weight excluding hydrogens is 538 g/mol. The van der Waals surface area contributed by atoms with Gasteiger partial charge in [-0.25, -0.2) is 0 Å². The molecule has 3 heterocycles. The Bertz CT molecular complexity index is 1560. The molecule has 1 saturated heterocycles. The summed E-state index contributed by atoms with van der Waals surface area (Å²) < 4.78 is 0. The standard InChI is InChI=1S/C39H51N5/c1-26-13-16-33-36(26)41-34(24-40)35(38(33)43-21-18-39(4,5)19-22-43)30-14-15-31-25-44(20-17-29(31)23-30)28(3)32-12-10-8-9-11-27(2)37(32)42(6)7/h8-11,14-15,23,26H,2-3,12-13,16-22,24-25,40H2,1,4-7H3/b10-8-,11-9-,37-32-. The quantitative estimate of drug-likeness (QED) is 0.375. The highest BCUT2D eigenvalue weighted by Gasteiger charge is 2.34. The van der Waals surface area contributed by atoms with E-state index in [0.29, 0.717) is 17.9 Å². The van der Waals surface area contributed by atoms with Crippen molar-refractivity contribution in [3.63, 3.8) is 0 Å². The number of hydrogen-bond donors (Lipinski definition) is 1. The van der Waals surface area contributed by atoms with Crippen molar-refractivity contribution in [1.82, 2.24) is 14.8 Å². The molecule has 0 bridgehead atoms. The van der Waals surface area contributed by atoms with Crippen LogP contribution in [0.4, 0.5) is 5.69 Å². The fourth-order valence-corrected chi connectivity index (χ4v) is 7.71. The van der Waals surface area contributed by atoms with E-state index in [2.05, 4.69) is 105 Å². The lowest BCUT2D eigenvalue weighted by Gasteiger charge is -2.40. The molecule has 6 rings (SSSR count). The van der Waals surface area contributed by atoms with E-state index < -0.39 is 0 Å². The van der Waals surface area contributed by atoms with Gasteiger partial charge in [-0.05, 0) is 77.7 Å². The van der Waals surface area contributed by atoms with Gasteiger partial charge in [-0.15, -0.1) is 0 Å². The Morgan fingerprint density at radius 2 is 1.86 bits per heavy atom. The van der Waals surface area contributed by atoms with Crippen molar-refractivity contribution < 1.29 is 0 Å². The third-order valence-corrected chi connectivity index (χ3v) is 10.4. The van der Waals surface area contributed by atoms with Gasteiger partial charge in [-0.1, -0.05) is 76.4 Å². The number of fused-ring (bicyclic) bond motifs is 2. The monoisotopic (exact) mass is 589 g/mol. The van der Waals surface area contributed by atoms with E-state index in [1.165, 1.54) is 64.0 Å². The molecule has 2 aromatic rings. The zero-order chi connectivity index (χ0) is 31.2. The molecule has 4 aliphatic rings. The van der Waals surface area contributed by atoms with Gasteiger partial charge >= 0.3 is 0 Å². The lowest BCUT2D eigenvalue weighted by atomic mass is 9.82. The van der Waals surface area contributed by atoms with Gasteiger partial charge in [-0.3, -0.25) is 4.98 Å². The summed E-state index contributed by atoms with van der Waals surface area (Å²) in [5.74, 6) is 0.497. The number of allylic oxidation sites excluding steroid dienone is 5. The van der Waals surface area contributed by atoms with E-state index in [0.717, 1.165) is 68.1 Å². The second-order valence-corrected chi connectivity index (χ2v) is 14.3.